The van der Waals surface area contributed by atoms with Crippen molar-refractivity contribution in [2.24, 2.45) is 17.8 Å². The van der Waals surface area contributed by atoms with E-state index in [1.54, 1.807) is 0 Å². The third kappa shape index (κ3) is 2.92. The fraction of sp³-hybridized carbons (Fsp3) is 0.733. The molecule has 0 amide bonds. The summed E-state index contributed by atoms with van der Waals surface area (Å²) in [6, 6.07) is 2.15. The van der Waals surface area contributed by atoms with Crippen molar-refractivity contribution in [2.45, 2.75) is 39.0 Å². The van der Waals surface area contributed by atoms with Crippen molar-refractivity contribution in [2.75, 3.05) is 13.6 Å². The Kier molecular flexibility index (Phi) is 4.27. The van der Waals surface area contributed by atoms with Gasteiger partial charge >= 0.3 is 0 Å². The highest BCUT2D eigenvalue weighted by atomic mass is 16.3. The third-order valence-corrected chi connectivity index (χ3v) is 4.41. The second kappa shape index (κ2) is 5.72. The quantitative estimate of drug-likeness (QED) is 0.861. The first-order valence-electron chi connectivity index (χ1n) is 6.89. The summed E-state index contributed by atoms with van der Waals surface area (Å²) in [5.74, 6) is 3.14. The van der Waals surface area contributed by atoms with Crippen LogP contribution in [0.1, 0.15) is 44.6 Å². The summed E-state index contributed by atoms with van der Waals surface area (Å²) in [6.45, 7) is 5.84. The molecule has 96 valence electrons. The number of nitrogens with one attached hydrogen (secondary N) is 1. The van der Waals surface area contributed by atoms with Crippen LogP contribution in [-0.4, -0.2) is 13.6 Å². The first-order chi connectivity index (χ1) is 8.22. The zero-order valence-electron chi connectivity index (χ0n) is 11.3. The Balaban J connectivity index is 2.10. The lowest BCUT2D eigenvalue weighted by Gasteiger charge is -2.37. The number of hydrogen-bond acceptors (Lipinski definition) is 2. The first kappa shape index (κ1) is 12.7. The van der Waals surface area contributed by atoms with Crippen LogP contribution >= 0.6 is 0 Å². The maximum atomic E-state index is 5.27. The van der Waals surface area contributed by atoms with E-state index in [0.29, 0.717) is 5.92 Å². The van der Waals surface area contributed by atoms with Crippen LogP contribution in [0.5, 0.6) is 0 Å². The van der Waals surface area contributed by atoms with Gasteiger partial charge in [0.1, 0.15) is 0 Å². The fourth-order valence-electron chi connectivity index (χ4n) is 3.27. The van der Waals surface area contributed by atoms with E-state index in [1.165, 1.54) is 24.8 Å². The first-order valence-corrected chi connectivity index (χ1v) is 6.89. The monoisotopic (exact) mass is 235 g/mol. The van der Waals surface area contributed by atoms with Gasteiger partial charge < -0.3 is 9.73 Å². The molecule has 2 rings (SSSR count). The lowest BCUT2D eigenvalue weighted by molar-refractivity contribution is 0.192. The molecule has 1 aromatic rings. The van der Waals surface area contributed by atoms with Crippen molar-refractivity contribution < 1.29 is 4.42 Å². The summed E-state index contributed by atoms with van der Waals surface area (Å²) in [7, 11) is 2.06. The Labute approximate surface area is 105 Å². The Morgan fingerprint density at radius 3 is 2.82 bits per heavy atom. The summed E-state index contributed by atoms with van der Waals surface area (Å²) >= 11 is 0. The standard InChI is InChI=1S/C15H25NO/c1-11(2)12-4-5-13(9-16-3)15(8-12)14-6-7-17-10-14/h6-7,10-13,15-16H,4-5,8-9H2,1-3H3. The number of rotatable bonds is 4. The van der Waals surface area contributed by atoms with Gasteiger partial charge in [0.15, 0.2) is 0 Å². The van der Waals surface area contributed by atoms with Gasteiger partial charge in [-0.25, -0.2) is 0 Å². The highest BCUT2D eigenvalue weighted by Crippen LogP contribution is 2.42. The molecule has 1 aromatic heterocycles. The van der Waals surface area contributed by atoms with Gasteiger partial charge in [0.05, 0.1) is 12.5 Å². The van der Waals surface area contributed by atoms with E-state index in [-0.39, 0.29) is 0 Å². The molecule has 1 heterocycles. The van der Waals surface area contributed by atoms with Crippen molar-refractivity contribution in [3.63, 3.8) is 0 Å². The van der Waals surface area contributed by atoms with E-state index in [4.69, 9.17) is 4.42 Å². The van der Waals surface area contributed by atoms with Crippen LogP contribution in [-0.2, 0) is 0 Å². The largest absolute Gasteiger partial charge is 0.472 e. The molecule has 2 heteroatoms. The van der Waals surface area contributed by atoms with Gasteiger partial charge in [-0.05, 0) is 68.2 Å². The molecule has 3 unspecified atom stereocenters. The number of furan rings is 1. The van der Waals surface area contributed by atoms with Gasteiger partial charge in [0, 0.05) is 0 Å². The normalized spacial score (nSPS) is 29.8. The molecule has 0 aromatic carbocycles. The van der Waals surface area contributed by atoms with Gasteiger partial charge in [-0.3, -0.25) is 0 Å². The Morgan fingerprint density at radius 2 is 2.24 bits per heavy atom. The molecule has 0 bridgehead atoms. The SMILES string of the molecule is CNCC1CCC(C(C)C)CC1c1ccoc1. The van der Waals surface area contributed by atoms with Crippen LogP contribution < -0.4 is 5.32 Å². The fourth-order valence-corrected chi connectivity index (χ4v) is 3.27. The van der Waals surface area contributed by atoms with Crippen molar-refractivity contribution in [3.05, 3.63) is 24.2 Å². The maximum absolute atomic E-state index is 5.27. The van der Waals surface area contributed by atoms with Crippen LogP contribution in [0.4, 0.5) is 0 Å². The molecule has 0 radical (unpaired) electrons. The Bertz CT molecular complexity index is 318. The maximum Gasteiger partial charge on any atom is 0.0937 e. The lowest BCUT2D eigenvalue weighted by atomic mass is 9.68. The van der Waals surface area contributed by atoms with Gasteiger partial charge in [-0.2, -0.15) is 0 Å². The minimum atomic E-state index is 0.683. The van der Waals surface area contributed by atoms with E-state index in [9.17, 15) is 0 Å². The summed E-state index contributed by atoms with van der Waals surface area (Å²) in [5, 5.41) is 3.34. The molecule has 2 nitrogen and oxygen atoms in total. The van der Waals surface area contributed by atoms with E-state index in [0.717, 1.165) is 24.3 Å². The molecule has 1 saturated carbocycles. The van der Waals surface area contributed by atoms with Crippen LogP contribution in [0, 0.1) is 17.8 Å². The average Bonchev–Trinajstić information content (AvgIpc) is 2.83. The van der Waals surface area contributed by atoms with E-state index < -0.39 is 0 Å². The topological polar surface area (TPSA) is 25.2 Å². The summed E-state index contributed by atoms with van der Waals surface area (Å²) in [5.41, 5.74) is 1.40. The lowest BCUT2D eigenvalue weighted by Crippen LogP contribution is -2.31. The molecule has 1 N–H and O–H groups in total. The zero-order chi connectivity index (χ0) is 12.3. The third-order valence-electron chi connectivity index (χ3n) is 4.41. The highest BCUT2D eigenvalue weighted by Gasteiger charge is 2.32. The molecule has 17 heavy (non-hydrogen) atoms. The Morgan fingerprint density at radius 1 is 1.41 bits per heavy atom. The van der Waals surface area contributed by atoms with Gasteiger partial charge in [0.2, 0.25) is 0 Å². The minimum absolute atomic E-state index is 0.683. The molecule has 1 fully saturated rings. The van der Waals surface area contributed by atoms with Crippen molar-refractivity contribution >= 4 is 0 Å². The molecule has 0 spiro atoms. The van der Waals surface area contributed by atoms with E-state index in [1.807, 2.05) is 12.5 Å². The highest BCUT2D eigenvalue weighted by molar-refractivity contribution is 5.15. The second-order valence-corrected chi connectivity index (χ2v) is 5.80. The minimum Gasteiger partial charge on any atom is -0.472 e. The van der Waals surface area contributed by atoms with E-state index in [2.05, 4.69) is 32.3 Å². The zero-order valence-corrected chi connectivity index (χ0v) is 11.3. The molecule has 1 aliphatic carbocycles. The van der Waals surface area contributed by atoms with Gasteiger partial charge in [0.25, 0.3) is 0 Å². The average molecular weight is 235 g/mol. The molecule has 3 atom stereocenters. The molecule has 0 aliphatic heterocycles. The second-order valence-electron chi connectivity index (χ2n) is 5.80. The smallest absolute Gasteiger partial charge is 0.0937 e. The van der Waals surface area contributed by atoms with Crippen molar-refractivity contribution in [1.29, 1.82) is 0 Å². The molecular formula is C15H25NO. The van der Waals surface area contributed by atoms with Crippen LogP contribution in [0.3, 0.4) is 0 Å². The molecule has 0 saturated heterocycles. The molecule has 1 aliphatic rings. The van der Waals surface area contributed by atoms with Crippen LogP contribution in [0.15, 0.2) is 23.0 Å². The number of hydrogen-bond donors (Lipinski definition) is 1. The summed E-state index contributed by atoms with van der Waals surface area (Å²) in [6.07, 6.45) is 7.81. The van der Waals surface area contributed by atoms with Crippen molar-refractivity contribution in [3.8, 4) is 0 Å². The Hall–Kier alpha value is -0.760. The van der Waals surface area contributed by atoms with Crippen LogP contribution in [0.25, 0.3) is 0 Å². The summed E-state index contributed by atoms with van der Waals surface area (Å²) in [4.78, 5) is 0. The predicted octanol–water partition coefficient (Wildman–Crippen LogP) is 3.65. The molecular weight excluding hydrogens is 210 g/mol. The van der Waals surface area contributed by atoms with E-state index >= 15 is 0 Å². The van der Waals surface area contributed by atoms with Gasteiger partial charge in [-0.15, -0.1) is 0 Å². The summed E-state index contributed by atoms with van der Waals surface area (Å²) < 4.78 is 5.27. The van der Waals surface area contributed by atoms with Crippen molar-refractivity contribution in [1.82, 2.24) is 5.32 Å². The van der Waals surface area contributed by atoms with Gasteiger partial charge in [-0.1, -0.05) is 13.8 Å². The van der Waals surface area contributed by atoms with Crippen LogP contribution in [0.2, 0.25) is 0 Å². The predicted molar refractivity (Wildman–Crippen MR) is 71.0 cm³/mol.